The highest BCUT2D eigenvalue weighted by Crippen LogP contribution is 2.22. The Labute approximate surface area is 107 Å². The van der Waals surface area contributed by atoms with Crippen molar-refractivity contribution in [2.45, 2.75) is 4.90 Å². The van der Waals surface area contributed by atoms with Crippen LogP contribution in [0.1, 0.15) is 0 Å². The number of methoxy groups -OCH3 is 1. The molecule has 94 valence electrons. The first-order valence-corrected chi connectivity index (χ1v) is 6.76. The molecule has 0 atom stereocenters. The monoisotopic (exact) mass is 322 g/mol. The maximum absolute atomic E-state index is 11.8. The largest absolute Gasteiger partial charge is 0.468 e. The van der Waals surface area contributed by atoms with Gasteiger partial charge in [-0.25, -0.2) is 8.42 Å². The van der Waals surface area contributed by atoms with E-state index in [1.165, 1.54) is 19.2 Å². The van der Waals surface area contributed by atoms with Gasteiger partial charge in [0.15, 0.2) is 0 Å². The number of ether oxygens (including phenoxy) is 1. The fourth-order valence-electron chi connectivity index (χ4n) is 1.04. The van der Waals surface area contributed by atoms with Crippen molar-refractivity contribution in [3.8, 4) is 0 Å². The zero-order chi connectivity index (χ0) is 13.1. The van der Waals surface area contributed by atoms with Crippen LogP contribution in [-0.2, 0) is 19.6 Å². The first-order valence-electron chi connectivity index (χ1n) is 4.48. The number of carbonyl (C=O) groups is 1. The van der Waals surface area contributed by atoms with Crippen molar-refractivity contribution in [1.82, 2.24) is 4.72 Å². The fraction of sp³-hybridized carbons (Fsp3) is 0.222. The summed E-state index contributed by atoms with van der Waals surface area (Å²) in [5.74, 6) is -0.679. The number of carbonyl (C=O) groups excluding carboxylic acids is 1. The van der Waals surface area contributed by atoms with Crippen molar-refractivity contribution in [2.24, 2.45) is 0 Å². The summed E-state index contributed by atoms with van der Waals surface area (Å²) < 4.78 is 30.6. The van der Waals surface area contributed by atoms with Crippen LogP contribution in [0.3, 0.4) is 0 Å². The third-order valence-electron chi connectivity index (χ3n) is 1.90. The Bertz CT molecular complexity index is 530. The first kappa shape index (κ1) is 13.9. The van der Waals surface area contributed by atoms with E-state index in [4.69, 9.17) is 5.73 Å². The summed E-state index contributed by atoms with van der Waals surface area (Å²) in [7, 11) is -2.65. The van der Waals surface area contributed by atoms with Gasteiger partial charge in [0.1, 0.15) is 11.4 Å². The molecule has 1 aromatic rings. The summed E-state index contributed by atoms with van der Waals surface area (Å²) in [6.07, 6.45) is 0. The summed E-state index contributed by atoms with van der Waals surface area (Å²) in [5.41, 5.74) is 5.66. The minimum Gasteiger partial charge on any atom is -0.468 e. The Morgan fingerprint density at radius 2 is 2.18 bits per heavy atom. The van der Waals surface area contributed by atoms with Crippen LogP contribution in [0.4, 0.5) is 5.69 Å². The van der Waals surface area contributed by atoms with Crippen LogP contribution in [0.15, 0.2) is 27.6 Å². The summed E-state index contributed by atoms with van der Waals surface area (Å²) in [6, 6.07) is 4.43. The molecule has 17 heavy (non-hydrogen) atoms. The van der Waals surface area contributed by atoms with E-state index in [9.17, 15) is 13.2 Å². The molecule has 0 aliphatic rings. The van der Waals surface area contributed by atoms with E-state index in [-0.39, 0.29) is 10.6 Å². The Balaban J connectivity index is 2.97. The van der Waals surface area contributed by atoms with Gasteiger partial charge < -0.3 is 10.5 Å². The molecular weight excluding hydrogens is 312 g/mol. The van der Waals surface area contributed by atoms with Gasteiger partial charge in [0.25, 0.3) is 0 Å². The predicted molar refractivity (Wildman–Crippen MR) is 65.8 cm³/mol. The molecular formula is C9H11BrN2O4S. The third kappa shape index (κ3) is 3.69. The Kier molecular flexibility index (Phi) is 4.49. The van der Waals surface area contributed by atoms with E-state index in [0.717, 1.165) is 0 Å². The van der Waals surface area contributed by atoms with Crippen LogP contribution in [-0.4, -0.2) is 28.0 Å². The van der Waals surface area contributed by atoms with Gasteiger partial charge in [-0.3, -0.25) is 4.79 Å². The fourth-order valence-corrected chi connectivity index (χ4v) is 2.68. The lowest BCUT2D eigenvalue weighted by molar-refractivity contribution is -0.139. The molecule has 0 saturated heterocycles. The average Bonchev–Trinajstić information content (AvgIpc) is 2.29. The molecule has 0 heterocycles. The molecule has 8 heteroatoms. The highest BCUT2D eigenvalue weighted by Gasteiger charge is 2.18. The molecule has 0 amide bonds. The minimum absolute atomic E-state index is 0.0872. The molecule has 3 N–H and O–H groups in total. The lowest BCUT2D eigenvalue weighted by atomic mass is 10.3. The SMILES string of the molecule is COC(=O)CNS(=O)(=O)c1cc(Br)ccc1N. The van der Waals surface area contributed by atoms with Gasteiger partial charge in [-0.2, -0.15) is 4.72 Å². The first-order chi connectivity index (χ1) is 7.86. The second-order valence-electron chi connectivity index (χ2n) is 3.08. The second-order valence-corrected chi connectivity index (χ2v) is 5.73. The molecule has 0 fully saturated rings. The number of hydrogen-bond acceptors (Lipinski definition) is 5. The van der Waals surface area contributed by atoms with Crippen LogP contribution in [0.25, 0.3) is 0 Å². The number of anilines is 1. The molecule has 6 nitrogen and oxygen atoms in total. The van der Waals surface area contributed by atoms with Crippen LogP contribution in [0.2, 0.25) is 0 Å². The molecule has 0 unspecified atom stereocenters. The number of sulfonamides is 1. The van der Waals surface area contributed by atoms with E-state index >= 15 is 0 Å². The van der Waals surface area contributed by atoms with Gasteiger partial charge in [0, 0.05) is 4.47 Å². The molecule has 0 radical (unpaired) electrons. The molecule has 1 rings (SSSR count). The Morgan fingerprint density at radius 3 is 2.76 bits per heavy atom. The number of halogens is 1. The number of hydrogen-bond donors (Lipinski definition) is 2. The van der Waals surface area contributed by atoms with E-state index < -0.39 is 22.5 Å². The average molecular weight is 323 g/mol. The smallest absolute Gasteiger partial charge is 0.320 e. The van der Waals surface area contributed by atoms with Crippen molar-refractivity contribution < 1.29 is 17.9 Å². The van der Waals surface area contributed by atoms with Gasteiger partial charge in [0.05, 0.1) is 12.8 Å². The van der Waals surface area contributed by atoms with Gasteiger partial charge in [0.2, 0.25) is 10.0 Å². The second kappa shape index (κ2) is 5.48. The lowest BCUT2D eigenvalue weighted by Crippen LogP contribution is -2.30. The number of benzene rings is 1. The minimum atomic E-state index is -3.82. The topological polar surface area (TPSA) is 98.5 Å². The van der Waals surface area contributed by atoms with Crippen molar-refractivity contribution in [1.29, 1.82) is 0 Å². The quantitative estimate of drug-likeness (QED) is 0.620. The predicted octanol–water partition coefficient (Wildman–Crippen LogP) is 0.483. The Morgan fingerprint density at radius 1 is 1.53 bits per heavy atom. The van der Waals surface area contributed by atoms with E-state index in [1.54, 1.807) is 6.07 Å². The molecule has 0 aromatic heterocycles. The molecule has 0 spiro atoms. The van der Waals surface area contributed by atoms with Crippen molar-refractivity contribution in [3.05, 3.63) is 22.7 Å². The highest BCUT2D eigenvalue weighted by molar-refractivity contribution is 9.10. The normalized spacial score (nSPS) is 11.2. The standard InChI is InChI=1S/C9H11BrN2O4S/c1-16-9(13)5-12-17(14,15)8-4-6(10)2-3-7(8)11/h2-4,12H,5,11H2,1H3. The number of esters is 1. The Hall–Kier alpha value is -1.12. The van der Waals surface area contributed by atoms with Gasteiger partial charge in [-0.05, 0) is 18.2 Å². The van der Waals surface area contributed by atoms with Crippen LogP contribution in [0, 0.1) is 0 Å². The zero-order valence-electron chi connectivity index (χ0n) is 8.94. The van der Waals surface area contributed by atoms with Gasteiger partial charge >= 0.3 is 5.97 Å². The number of rotatable bonds is 4. The number of nitrogen functional groups attached to an aromatic ring is 1. The summed E-state index contributed by atoms with van der Waals surface area (Å²) in [5, 5.41) is 0. The van der Waals surface area contributed by atoms with Crippen LogP contribution < -0.4 is 10.5 Å². The van der Waals surface area contributed by atoms with E-state index in [2.05, 4.69) is 25.4 Å². The van der Waals surface area contributed by atoms with E-state index in [1.807, 2.05) is 0 Å². The van der Waals surface area contributed by atoms with Crippen molar-refractivity contribution in [2.75, 3.05) is 19.4 Å². The lowest BCUT2D eigenvalue weighted by Gasteiger charge is -2.08. The highest BCUT2D eigenvalue weighted by atomic mass is 79.9. The molecule has 0 saturated carbocycles. The van der Waals surface area contributed by atoms with Crippen LogP contribution in [0.5, 0.6) is 0 Å². The van der Waals surface area contributed by atoms with Gasteiger partial charge in [-0.1, -0.05) is 15.9 Å². The zero-order valence-corrected chi connectivity index (χ0v) is 11.3. The third-order valence-corrected chi connectivity index (χ3v) is 3.85. The van der Waals surface area contributed by atoms with E-state index in [0.29, 0.717) is 4.47 Å². The maximum Gasteiger partial charge on any atom is 0.320 e. The van der Waals surface area contributed by atoms with Crippen molar-refractivity contribution >= 4 is 37.6 Å². The summed E-state index contributed by atoms with van der Waals surface area (Å²) >= 11 is 3.14. The molecule has 0 aliphatic heterocycles. The maximum atomic E-state index is 11.8. The molecule has 0 aliphatic carbocycles. The molecule has 1 aromatic carbocycles. The number of nitrogens with two attached hydrogens (primary N) is 1. The molecule has 0 bridgehead atoms. The van der Waals surface area contributed by atoms with Gasteiger partial charge in [-0.15, -0.1) is 0 Å². The summed E-state index contributed by atoms with van der Waals surface area (Å²) in [4.78, 5) is 10.8. The number of nitrogens with one attached hydrogen (secondary N) is 1. The summed E-state index contributed by atoms with van der Waals surface area (Å²) in [6.45, 7) is -0.440. The van der Waals surface area contributed by atoms with Crippen molar-refractivity contribution in [3.63, 3.8) is 0 Å². The van der Waals surface area contributed by atoms with Crippen LogP contribution >= 0.6 is 15.9 Å².